The maximum Gasteiger partial charge on any atom is 0.244 e. The number of hydrogen-bond donors (Lipinski definition) is 1. The number of carbonyl (C=O) groups excluding carboxylic acids is 1. The Kier molecular flexibility index (Phi) is 6.43. The summed E-state index contributed by atoms with van der Waals surface area (Å²) in [5.74, 6) is 1.44. The third-order valence-electron chi connectivity index (χ3n) is 3.45. The summed E-state index contributed by atoms with van der Waals surface area (Å²) in [6, 6.07) is 15.3. The molecule has 2 aromatic rings. The van der Waals surface area contributed by atoms with Crippen LogP contribution in [0.25, 0.3) is 6.08 Å². The summed E-state index contributed by atoms with van der Waals surface area (Å²) in [5.41, 5.74) is 2.13. The summed E-state index contributed by atoms with van der Waals surface area (Å²) in [6.45, 7) is 4.36. The second kappa shape index (κ2) is 8.77. The van der Waals surface area contributed by atoms with E-state index in [0.717, 1.165) is 17.1 Å². The quantitative estimate of drug-likeness (QED) is 0.791. The molecule has 1 N–H and O–H groups in total. The molecule has 2 aromatic carbocycles. The molecule has 1 amide bonds. The van der Waals surface area contributed by atoms with Gasteiger partial charge in [-0.3, -0.25) is 4.79 Å². The standard InChI is InChI=1S/C20H23NO3/c1-15-4-9-19(10-5-15)24-14-16(2)21-20(22)13-8-17-6-11-18(23-3)12-7-17/h4-13,16H,14H2,1-3H3,(H,21,22)/b13-8+/t16-/m0/s1. The van der Waals surface area contributed by atoms with Crippen LogP contribution < -0.4 is 14.8 Å². The van der Waals surface area contributed by atoms with Gasteiger partial charge in [0, 0.05) is 6.08 Å². The minimum absolute atomic E-state index is 0.0840. The number of ether oxygens (including phenoxy) is 2. The number of aryl methyl sites for hydroxylation is 1. The van der Waals surface area contributed by atoms with E-state index >= 15 is 0 Å². The van der Waals surface area contributed by atoms with Gasteiger partial charge in [0.25, 0.3) is 0 Å². The largest absolute Gasteiger partial charge is 0.497 e. The van der Waals surface area contributed by atoms with Gasteiger partial charge in [-0.1, -0.05) is 29.8 Å². The molecule has 0 saturated carbocycles. The molecule has 0 aliphatic carbocycles. The Bertz CT molecular complexity index is 675. The number of amides is 1. The van der Waals surface area contributed by atoms with E-state index in [1.54, 1.807) is 13.2 Å². The first-order chi connectivity index (χ1) is 11.6. The molecule has 0 unspecified atom stereocenters. The van der Waals surface area contributed by atoms with Crippen LogP contribution in [0.15, 0.2) is 54.6 Å². The van der Waals surface area contributed by atoms with Gasteiger partial charge in [-0.15, -0.1) is 0 Å². The maximum atomic E-state index is 11.9. The van der Waals surface area contributed by atoms with Gasteiger partial charge in [-0.25, -0.2) is 0 Å². The van der Waals surface area contributed by atoms with Crippen LogP contribution in [-0.4, -0.2) is 25.7 Å². The summed E-state index contributed by atoms with van der Waals surface area (Å²) in [7, 11) is 1.62. The van der Waals surface area contributed by atoms with E-state index in [2.05, 4.69) is 5.32 Å². The van der Waals surface area contributed by atoms with Crippen molar-refractivity contribution in [3.63, 3.8) is 0 Å². The van der Waals surface area contributed by atoms with E-state index in [1.165, 1.54) is 11.6 Å². The van der Waals surface area contributed by atoms with Crippen molar-refractivity contribution in [2.24, 2.45) is 0 Å². The van der Waals surface area contributed by atoms with Crippen LogP contribution in [0.5, 0.6) is 11.5 Å². The van der Waals surface area contributed by atoms with Crippen molar-refractivity contribution >= 4 is 12.0 Å². The lowest BCUT2D eigenvalue weighted by Crippen LogP contribution is -2.35. The summed E-state index contributed by atoms with van der Waals surface area (Å²) in [4.78, 5) is 11.9. The Morgan fingerprint density at radius 2 is 1.71 bits per heavy atom. The van der Waals surface area contributed by atoms with Gasteiger partial charge in [0.1, 0.15) is 18.1 Å². The molecule has 0 spiro atoms. The number of methoxy groups -OCH3 is 1. The van der Waals surface area contributed by atoms with Gasteiger partial charge in [0.05, 0.1) is 13.2 Å². The van der Waals surface area contributed by atoms with E-state index in [0.29, 0.717) is 6.61 Å². The highest BCUT2D eigenvalue weighted by molar-refractivity contribution is 5.91. The van der Waals surface area contributed by atoms with Crippen LogP contribution in [0, 0.1) is 6.92 Å². The van der Waals surface area contributed by atoms with Crippen molar-refractivity contribution in [3.05, 3.63) is 65.7 Å². The molecular formula is C20H23NO3. The van der Waals surface area contributed by atoms with Crippen molar-refractivity contribution in [2.45, 2.75) is 19.9 Å². The first-order valence-electron chi connectivity index (χ1n) is 7.89. The van der Waals surface area contributed by atoms with E-state index in [9.17, 15) is 4.79 Å². The average Bonchev–Trinajstić information content (AvgIpc) is 2.60. The number of hydrogen-bond acceptors (Lipinski definition) is 3. The zero-order valence-electron chi connectivity index (χ0n) is 14.3. The maximum absolute atomic E-state index is 11.9. The van der Waals surface area contributed by atoms with Crippen molar-refractivity contribution in [2.75, 3.05) is 13.7 Å². The van der Waals surface area contributed by atoms with Crippen LogP contribution in [0.2, 0.25) is 0 Å². The molecule has 0 aliphatic rings. The first-order valence-corrected chi connectivity index (χ1v) is 7.89. The molecule has 0 aromatic heterocycles. The average molecular weight is 325 g/mol. The van der Waals surface area contributed by atoms with Gasteiger partial charge in [0.15, 0.2) is 0 Å². The number of carbonyl (C=O) groups is 1. The molecule has 24 heavy (non-hydrogen) atoms. The number of rotatable bonds is 7. The molecule has 0 heterocycles. The van der Waals surface area contributed by atoms with Crippen molar-refractivity contribution < 1.29 is 14.3 Å². The normalized spacial score (nSPS) is 12.0. The fourth-order valence-electron chi connectivity index (χ4n) is 2.08. The van der Waals surface area contributed by atoms with Crippen molar-refractivity contribution in [1.82, 2.24) is 5.32 Å². The monoisotopic (exact) mass is 325 g/mol. The summed E-state index contributed by atoms with van der Waals surface area (Å²) in [5, 5.41) is 2.88. The fraction of sp³-hybridized carbons (Fsp3) is 0.250. The minimum atomic E-state index is -0.147. The molecule has 0 fully saturated rings. The van der Waals surface area contributed by atoms with Gasteiger partial charge in [-0.05, 0) is 49.8 Å². The molecule has 0 aliphatic heterocycles. The van der Waals surface area contributed by atoms with Crippen molar-refractivity contribution in [1.29, 1.82) is 0 Å². The van der Waals surface area contributed by atoms with E-state index < -0.39 is 0 Å². The second-order valence-corrected chi connectivity index (χ2v) is 5.64. The zero-order valence-corrected chi connectivity index (χ0v) is 14.3. The van der Waals surface area contributed by atoms with Gasteiger partial charge in [0.2, 0.25) is 5.91 Å². The van der Waals surface area contributed by atoms with Gasteiger partial charge < -0.3 is 14.8 Å². The smallest absolute Gasteiger partial charge is 0.244 e. The highest BCUT2D eigenvalue weighted by Gasteiger charge is 2.05. The predicted octanol–water partition coefficient (Wildman–Crippen LogP) is 3.60. The third-order valence-corrected chi connectivity index (χ3v) is 3.45. The molecule has 2 rings (SSSR count). The minimum Gasteiger partial charge on any atom is -0.497 e. The van der Waals surface area contributed by atoms with Crippen molar-refractivity contribution in [3.8, 4) is 11.5 Å². The summed E-state index contributed by atoms with van der Waals surface area (Å²) >= 11 is 0. The second-order valence-electron chi connectivity index (χ2n) is 5.64. The summed E-state index contributed by atoms with van der Waals surface area (Å²) < 4.78 is 10.8. The SMILES string of the molecule is COc1ccc(/C=C/C(=O)N[C@@H](C)COc2ccc(C)cc2)cc1. The lowest BCUT2D eigenvalue weighted by molar-refractivity contribution is -0.117. The lowest BCUT2D eigenvalue weighted by Gasteiger charge is -2.14. The Morgan fingerprint density at radius 1 is 1.08 bits per heavy atom. The van der Waals surface area contributed by atoms with Crippen LogP contribution in [0.4, 0.5) is 0 Å². The molecule has 126 valence electrons. The predicted molar refractivity (Wildman–Crippen MR) is 96.3 cm³/mol. The summed E-state index contributed by atoms with van der Waals surface area (Å²) in [6.07, 6.45) is 3.28. The molecule has 1 atom stereocenters. The van der Waals surface area contributed by atoms with E-state index in [1.807, 2.05) is 62.4 Å². The fourth-order valence-corrected chi connectivity index (χ4v) is 2.08. The van der Waals surface area contributed by atoms with Gasteiger partial charge in [-0.2, -0.15) is 0 Å². The lowest BCUT2D eigenvalue weighted by atomic mass is 10.2. The van der Waals surface area contributed by atoms with Crippen LogP contribution >= 0.6 is 0 Å². The van der Waals surface area contributed by atoms with E-state index in [4.69, 9.17) is 9.47 Å². The highest BCUT2D eigenvalue weighted by Crippen LogP contribution is 2.13. The Labute approximate surface area is 143 Å². The molecule has 4 nitrogen and oxygen atoms in total. The number of benzene rings is 2. The molecule has 0 bridgehead atoms. The van der Waals surface area contributed by atoms with Crippen LogP contribution in [0.1, 0.15) is 18.1 Å². The molecule has 4 heteroatoms. The zero-order chi connectivity index (χ0) is 17.4. The molecule has 0 radical (unpaired) electrons. The molecular weight excluding hydrogens is 302 g/mol. The van der Waals surface area contributed by atoms with Crippen LogP contribution in [-0.2, 0) is 4.79 Å². The van der Waals surface area contributed by atoms with E-state index in [-0.39, 0.29) is 11.9 Å². The molecule has 0 saturated heterocycles. The Hall–Kier alpha value is -2.75. The first kappa shape index (κ1) is 17.6. The Morgan fingerprint density at radius 3 is 2.33 bits per heavy atom. The Balaban J connectivity index is 1.77. The van der Waals surface area contributed by atoms with Gasteiger partial charge >= 0.3 is 0 Å². The third kappa shape index (κ3) is 5.80. The highest BCUT2D eigenvalue weighted by atomic mass is 16.5. The number of nitrogens with one attached hydrogen (secondary N) is 1. The van der Waals surface area contributed by atoms with Crippen LogP contribution in [0.3, 0.4) is 0 Å². The topological polar surface area (TPSA) is 47.6 Å².